The number of nitrogens with one attached hydrogen (secondary N) is 1. The van der Waals surface area contributed by atoms with Gasteiger partial charge in [-0.3, -0.25) is 14.3 Å². The molecule has 154 valence electrons. The van der Waals surface area contributed by atoms with Gasteiger partial charge in [-0.2, -0.15) is 0 Å². The second-order valence-corrected chi connectivity index (χ2v) is 8.78. The second kappa shape index (κ2) is 7.99. The van der Waals surface area contributed by atoms with Crippen LogP contribution in [0.15, 0.2) is 66.4 Å². The Hall–Kier alpha value is -3.06. The molecule has 2 heterocycles. The summed E-state index contributed by atoms with van der Waals surface area (Å²) in [7, 11) is 0. The maximum absolute atomic E-state index is 12.8. The first-order valence-corrected chi connectivity index (χ1v) is 10.6. The van der Waals surface area contributed by atoms with Gasteiger partial charge in [-0.15, -0.1) is 0 Å². The first-order valence-electron chi connectivity index (χ1n) is 9.79. The van der Waals surface area contributed by atoms with E-state index in [9.17, 15) is 9.59 Å². The van der Waals surface area contributed by atoms with Crippen LogP contribution in [0.2, 0.25) is 0 Å². The first-order chi connectivity index (χ1) is 14.3. The standard InChI is InChI=1S/C23H23N3O3S/c1-13(2)20-21(27)25-23(28)26(12-19-24-17-7-5-6-8-18(17)29-19)22(20)30-16-10-14(3)9-15(4)11-16/h5-11,13H,12H2,1-4H3,(H,25,27,28). The van der Waals surface area contributed by atoms with Crippen molar-refractivity contribution < 1.29 is 4.42 Å². The molecule has 0 spiro atoms. The van der Waals surface area contributed by atoms with Crippen LogP contribution in [-0.4, -0.2) is 14.5 Å². The van der Waals surface area contributed by atoms with E-state index in [0.717, 1.165) is 21.5 Å². The third kappa shape index (κ3) is 3.98. The van der Waals surface area contributed by atoms with E-state index >= 15 is 0 Å². The lowest BCUT2D eigenvalue weighted by molar-refractivity contribution is 0.481. The highest BCUT2D eigenvalue weighted by molar-refractivity contribution is 7.99. The fourth-order valence-electron chi connectivity index (χ4n) is 3.56. The van der Waals surface area contributed by atoms with Gasteiger partial charge < -0.3 is 4.42 Å². The molecule has 4 aromatic rings. The fraction of sp³-hybridized carbons (Fsp3) is 0.261. The van der Waals surface area contributed by atoms with Gasteiger partial charge in [-0.25, -0.2) is 9.78 Å². The lowest BCUT2D eigenvalue weighted by Crippen LogP contribution is -2.34. The average Bonchev–Trinajstić information content (AvgIpc) is 3.06. The zero-order chi connectivity index (χ0) is 21.4. The number of rotatable bonds is 5. The highest BCUT2D eigenvalue weighted by Gasteiger charge is 2.20. The average molecular weight is 422 g/mol. The monoisotopic (exact) mass is 421 g/mol. The Morgan fingerprint density at radius 3 is 2.47 bits per heavy atom. The van der Waals surface area contributed by atoms with Gasteiger partial charge in [0.15, 0.2) is 5.58 Å². The summed E-state index contributed by atoms with van der Waals surface area (Å²) in [6.45, 7) is 8.10. The minimum absolute atomic E-state index is 0.0577. The van der Waals surface area contributed by atoms with Crippen LogP contribution < -0.4 is 11.2 Å². The van der Waals surface area contributed by atoms with E-state index in [2.05, 4.69) is 28.2 Å². The maximum Gasteiger partial charge on any atom is 0.329 e. The molecule has 2 aromatic carbocycles. The van der Waals surface area contributed by atoms with Gasteiger partial charge in [0, 0.05) is 4.90 Å². The Bertz CT molecular complexity index is 1290. The normalized spacial score (nSPS) is 11.5. The van der Waals surface area contributed by atoms with Crippen molar-refractivity contribution in [2.75, 3.05) is 0 Å². The van der Waals surface area contributed by atoms with Crippen LogP contribution in [0, 0.1) is 13.8 Å². The molecule has 6 nitrogen and oxygen atoms in total. The molecule has 0 amide bonds. The van der Waals surface area contributed by atoms with Crippen molar-refractivity contribution in [3.05, 3.63) is 85.9 Å². The number of nitrogens with zero attached hydrogens (tertiary/aromatic N) is 2. The number of fused-ring (bicyclic) bond motifs is 1. The van der Waals surface area contributed by atoms with Crippen LogP contribution in [0.1, 0.15) is 42.3 Å². The molecular weight excluding hydrogens is 398 g/mol. The summed E-state index contributed by atoms with van der Waals surface area (Å²) in [4.78, 5) is 33.4. The summed E-state index contributed by atoms with van der Waals surface area (Å²) in [6, 6.07) is 13.7. The van der Waals surface area contributed by atoms with Crippen molar-refractivity contribution in [1.82, 2.24) is 14.5 Å². The first kappa shape index (κ1) is 20.2. The van der Waals surface area contributed by atoms with Crippen molar-refractivity contribution in [3.63, 3.8) is 0 Å². The Labute approximate surface area is 178 Å². The highest BCUT2D eigenvalue weighted by Crippen LogP contribution is 2.33. The van der Waals surface area contributed by atoms with E-state index in [-0.39, 0.29) is 18.0 Å². The molecule has 0 atom stereocenters. The molecule has 0 radical (unpaired) electrons. The second-order valence-electron chi connectivity index (χ2n) is 7.72. The number of hydrogen-bond acceptors (Lipinski definition) is 5. The molecular formula is C23H23N3O3S. The highest BCUT2D eigenvalue weighted by atomic mass is 32.2. The van der Waals surface area contributed by atoms with Crippen LogP contribution in [0.25, 0.3) is 11.1 Å². The molecule has 0 saturated heterocycles. The van der Waals surface area contributed by atoms with E-state index in [0.29, 0.717) is 22.1 Å². The molecule has 0 bridgehead atoms. The van der Waals surface area contributed by atoms with Gasteiger partial charge in [0.1, 0.15) is 12.1 Å². The minimum atomic E-state index is -0.474. The summed E-state index contributed by atoms with van der Waals surface area (Å²) in [6.07, 6.45) is 0. The number of aryl methyl sites for hydroxylation is 2. The lowest BCUT2D eigenvalue weighted by atomic mass is 10.1. The van der Waals surface area contributed by atoms with E-state index in [1.165, 1.54) is 11.8 Å². The van der Waals surface area contributed by atoms with Crippen molar-refractivity contribution >= 4 is 22.9 Å². The molecule has 0 aliphatic carbocycles. The summed E-state index contributed by atoms with van der Waals surface area (Å²) < 4.78 is 7.37. The predicted octanol–water partition coefficient (Wildman–Crippen LogP) is 4.62. The van der Waals surface area contributed by atoms with Crippen molar-refractivity contribution in [1.29, 1.82) is 0 Å². The summed E-state index contributed by atoms with van der Waals surface area (Å²) in [5.74, 6) is 0.361. The molecule has 4 rings (SSSR count). The molecule has 7 heteroatoms. The van der Waals surface area contributed by atoms with Gasteiger partial charge in [-0.05, 0) is 55.2 Å². The number of para-hydroxylation sites is 2. The lowest BCUT2D eigenvalue weighted by Gasteiger charge is -2.17. The van der Waals surface area contributed by atoms with E-state index < -0.39 is 5.69 Å². The van der Waals surface area contributed by atoms with Gasteiger partial charge in [-0.1, -0.05) is 43.8 Å². The van der Waals surface area contributed by atoms with Crippen LogP contribution in [-0.2, 0) is 6.54 Å². The van der Waals surface area contributed by atoms with Crippen LogP contribution in [0.5, 0.6) is 0 Å². The molecule has 0 aliphatic heterocycles. The third-order valence-electron chi connectivity index (χ3n) is 4.80. The van der Waals surface area contributed by atoms with Crippen molar-refractivity contribution in [2.24, 2.45) is 0 Å². The van der Waals surface area contributed by atoms with E-state index in [4.69, 9.17) is 4.42 Å². The van der Waals surface area contributed by atoms with Crippen LogP contribution >= 0.6 is 11.8 Å². The van der Waals surface area contributed by atoms with Crippen molar-refractivity contribution in [3.8, 4) is 0 Å². The quantitative estimate of drug-likeness (QED) is 0.476. The largest absolute Gasteiger partial charge is 0.439 e. The molecule has 1 N–H and O–H groups in total. The number of H-pyrrole nitrogens is 1. The third-order valence-corrected chi connectivity index (χ3v) is 5.91. The zero-order valence-corrected chi connectivity index (χ0v) is 18.2. The number of hydrogen-bond donors (Lipinski definition) is 1. The fourth-order valence-corrected chi connectivity index (χ4v) is 4.96. The molecule has 30 heavy (non-hydrogen) atoms. The number of benzene rings is 2. The number of aromatic nitrogens is 3. The van der Waals surface area contributed by atoms with Gasteiger partial charge in [0.25, 0.3) is 5.56 Å². The Balaban J connectivity index is 1.87. The number of oxazole rings is 1. The maximum atomic E-state index is 12.8. The molecule has 0 aliphatic rings. The summed E-state index contributed by atoms with van der Waals surface area (Å²) in [5.41, 5.74) is 3.40. The SMILES string of the molecule is Cc1cc(C)cc(Sc2c(C(C)C)c(=O)[nH]c(=O)n2Cc2nc3ccccc3o2)c1. The van der Waals surface area contributed by atoms with E-state index in [1.807, 2.05) is 52.0 Å². The van der Waals surface area contributed by atoms with Gasteiger partial charge in [0.2, 0.25) is 5.89 Å². The van der Waals surface area contributed by atoms with Crippen LogP contribution in [0.3, 0.4) is 0 Å². The summed E-state index contributed by atoms with van der Waals surface area (Å²) in [5, 5.41) is 0.617. The zero-order valence-electron chi connectivity index (χ0n) is 17.4. The smallest absolute Gasteiger partial charge is 0.329 e. The van der Waals surface area contributed by atoms with E-state index in [1.54, 1.807) is 4.57 Å². The van der Waals surface area contributed by atoms with Crippen LogP contribution in [0.4, 0.5) is 0 Å². The Morgan fingerprint density at radius 1 is 1.10 bits per heavy atom. The molecule has 0 saturated carbocycles. The molecule has 0 unspecified atom stereocenters. The topological polar surface area (TPSA) is 80.9 Å². The number of aromatic amines is 1. The Kier molecular flexibility index (Phi) is 5.39. The van der Waals surface area contributed by atoms with Gasteiger partial charge >= 0.3 is 5.69 Å². The minimum Gasteiger partial charge on any atom is -0.439 e. The predicted molar refractivity (Wildman–Crippen MR) is 119 cm³/mol. The van der Waals surface area contributed by atoms with Crippen molar-refractivity contribution in [2.45, 2.75) is 50.1 Å². The molecule has 2 aromatic heterocycles. The molecule has 0 fully saturated rings. The summed E-state index contributed by atoms with van der Waals surface area (Å²) >= 11 is 1.43. The van der Waals surface area contributed by atoms with Gasteiger partial charge in [0.05, 0.1) is 10.6 Å². The Morgan fingerprint density at radius 2 is 1.80 bits per heavy atom.